The molecule has 160 valence electrons. The maximum Gasteiger partial charge on any atom is 0.192 e. The Bertz CT molecular complexity index is 851. The lowest BCUT2D eigenvalue weighted by Gasteiger charge is -2.36. The van der Waals surface area contributed by atoms with E-state index in [0.29, 0.717) is 23.6 Å². The molecule has 0 spiro atoms. The molecule has 0 radical (unpaired) electrons. The van der Waals surface area contributed by atoms with E-state index in [4.69, 9.17) is 9.16 Å². The first-order valence-corrected chi connectivity index (χ1v) is 13.1. The van der Waals surface area contributed by atoms with E-state index in [1.54, 1.807) is 19.2 Å². The van der Waals surface area contributed by atoms with Crippen molar-refractivity contribution in [3.63, 3.8) is 0 Å². The Labute approximate surface area is 176 Å². The minimum atomic E-state index is -1.86. The first-order chi connectivity index (χ1) is 13.2. The van der Waals surface area contributed by atoms with Crippen LogP contribution in [0.1, 0.15) is 52.7 Å². The summed E-state index contributed by atoms with van der Waals surface area (Å²) in [5, 5.41) is 0.151. The summed E-state index contributed by atoms with van der Waals surface area (Å²) in [5.74, 6) is 0.328. The molecule has 29 heavy (non-hydrogen) atoms. The molecule has 0 N–H and O–H groups in total. The molecule has 0 aliphatic heterocycles. The molecule has 1 heterocycles. The molecule has 3 nitrogen and oxygen atoms in total. The van der Waals surface area contributed by atoms with Gasteiger partial charge in [-0.1, -0.05) is 41.5 Å². The van der Waals surface area contributed by atoms with Gasteiger partial charge < -0.3 is 9.16 Å². The van der Waals surface area contributed by atoms with Gasteiger partial charge in [0.05, 0.1) is 19.4 Å². The Kier molecular flexibility index (Phi) is 6.96. The minimum absolute atomic E-state index is 0.0463. The number of halogens is 1. The summed E-state index contributed by atoms with van der Waals surface area (Å²) in [4.78, 5) is 4.67. The standard InChI is InChI=1S/C24H36FNO2Si/c1-23(2,3)14-18-12-17(16-28-29(8,9)24(4,5)6)15-26-22(18)20-13-19(27-7)10-11-21(20)25/h10-13,15H,14,16H2,1-9H3. The highest BCUT2D eigenvalue weighted by Gasteiger charge is 2.37. The molecule has 0 aliphatic carbocycles. The summed E-state index contributed by atoms with van der Waals surface area (Å²) in [6.45, 7) is 18.3. The van der Waals surface area contributed by atoms with Crippen LogP contribution in [0.5, 0.6) is 5.75 Å². The van der Waals surface area contributed by atoms with E-state index < -0.39 is 8.32 Å². The monoisotopic (exact) mass is 417 g/mol. The van der Waals surface area contributed by atoms with Crippen molar-refractivity contribution >= 4 is 8.32 Å². The van der Waals surface area contributed by atoms with Crippen LogP contribution >= 0.6 is 0 Å². The maximum absolute atomic E-state index is 14.6. The zero-order valence-corrected chi connectivity index (χ0v) is 20.4. The van der Waals surface area contributed by atoms with Crippen LogP contribution in [0.25, 0.3) is 11.3 Å². The van der Waals surface area contributed by atoms with Crippen molar-refractivity contribution in [3.8, 4) is 17.0 Å². The number of nitrogens with zero attached hydrogens (tertiary/aromatic N) is 1. The Morgan fingerprint density at radius 1 is 1.03 bits per heavy atom. The van der Waals surface area contributed by atoms with Crippen LogP contribution in [0.15, 0.2) is 30.5 Å². The smallest absolute Gasteiger partial charge is 0.192 e. The van der Waals surface area contributed by atoms with Crippen molar-refractivity contribution in [1.82, 2.24) is 4.98 Å². The first kappa shape index (κ1) is 23.6. The van der Waals surface area contributed by atoms with Gasteiger partial charge in [0.1, 0.15) is 11.6 Å². The van der Waals surface area contributed by atoms with Gasteiger partial charge in [0.15, 0.2) is 8.32 Å². The molecular weight excluding hydrogens is 381 g/mol. The van der Waals surface area contributed by atoms with E-state index in [1.165, 1.54) is 6.07 Å². The molecule has 5 heteroatoms. The van der Waals surface area contributed by atoms with Gasteiger partial charge in [-0.15, -0.1) is 0 Å². The van der Waals surface area contributed by atoms with Gasteiger partial charge in [0, 0.05) is 11.8 Å². The predicted molar refractivity (Wildman–Crippen MR) is 121 cm³/mol. The topological polar surface area (TPSA) is 31.4 Å². The van der Waals surface area contributed by atoms with Gasteiger partial charge in [-0.05, 0) is 65.4 Å². The number of pyridine rings is 1. The quantitative estimate of drug-likeness (QED) is 0.474. The zero-order chi connectivity index (χ0) is 22.0. The molecule has 0 amide bonds. The van der Waals surface area contributed by atoms with Crippen LogP contribution in [0.2, 0.25) is 18.1 Å². The molecule has 0 unspecified atom stereocenters. The second-order valence-electron chi connectivity index (χ2n) is 10.5. The van der Waals surface area contributed by atoms with Gasteiger partial charge in [-0.25, -0.2) is 4.39 Å². The van der Waals surface area contributed by atoms with Crippen molar-refractivity contribution in [1.29, 1.82) is 0 Å². The van der Waals surface area contributed by atoms with E-state index >= 15 is 0 Å². The van der Waals surface area contributed by atoms with Gasteiger partial charge >= 0.3 is 0 Å². The Morgan fingerprint density at radius 2 is 1.69 bits per heavy atom. The molecule has 2 aromatic rings. The molecule has 1 aromatic heterocycles. The lowest BCUT2D eigenvalue weighted by Crippen LogP contribution is -2.40. The SMILES string of the molecule is COc1ccc(F)c(-c2ncc(CO[Si](C)(C)C(C)(C)C)cc2CC(C)(C)C)c1. The highest BCUT2D eigenvalue weighted by Crippen LogP contribution is 2.37. The minimum Gasteiger partial charge on any atom is -0.497 e. The molecule has 0 aliphatic rings. The largest absolute Gasteiger partial charge is 0.497 e. The van der Waals surface area contributed by atoms with E-state index in [1.807, 2.05) is 6.20 Å². The van der Waals surface area contributed by atoms with Crippen molar-refractivity contribution in [3.05, 3.63) is 47.4 Å². The number of hydrogen-bond acceptors (Lipinski definition) is 3. The van der Waals surface area contributed by atoms with Crippen molar-refractivity contribution in [2.45, 2.75) is 72.7 Å². The second kappa shape index (κ2) is 8.56. The number of aromatic nitrogens is 1. The third-order valence-electron chi connectivity index (χ3n) is 5.58. The number of benzene rings is 1. The Morgan fingerprint density at radius 3 is 2.24 bits per heavy atom. The third kappa shape index (κ3) is 6.13. The number of ether oxygens (including phenoxy) is 1. The molecule has 0 atom stereocenters. The summed E-state index contributed by atoms with van der Waals surface area (Å²) in [7, 11) is -0.270. The van der Waals surface area contributed by atoms with Crippen molar-refractivity contribution in [2.24, 2.45) is 5.41 Å². The zero-order valence-electron chi connectivity index (χ0n) is 19.4. The molecule has 0 bridgehead atoms. The second-order valence-corrected chi connectivity index (χ2v) is 15.3. The highest BCUT2D eigenvalue weighted by atomic mass is 28.4. The molecule has 0 fully saturated rings. The summed E-state index contributed by atoms with van der Waals surface area (Å²) in [5.41, 5.74) is 3.25. The molecule has 0 saturated carbocycles. The summed E-state index contributed by atoms with van der Waals surface area (Å²) in [6, 6.07) is 6.91. The summed E-state index contributed by atoms with van der Waals surface area (Å²) < 4.78 is 26.3. The van der Waals surface area contributed by atoms with Crippen LogP contribution in [0.3, 0.4) is 0 Å². The number of hydrogen-bond donors (Lipinski definition) is 0. The normalized spacial score (nSPS) is 12.9. The summed E-state index contributed by atoms with van der Waals surface area (Å²) in [6.07, 6.45) is 2.60. The van der Waals surface area contributed by atoms with E-state index in [9.17, 15) is 4.39 Å². The van der Waals surface area contributed by atoms with Gasteiger partial charge in [0.25, 0.3) is 0 Å². The molecule has 0 saturated heterocycles. The van der Waals surface area contributed by atoms with Crippen LogP contribution in [0, 0.1) is 11.2 Å². The number of methoxy groups -OCH3 is 1. The van der Waals surface area contributed by atoms with Crippen LogP contribution < -0.4 is 4.74 Å². The summed E-state index contributed by atoms with van der Waals surface area (Å²) >= 11 is 0. The molecule has 2 rings (SSSR count). The lowest BCUT2D eigenvalue weighted by molar-refractivity contribution is 0.275. The van der Waals surface area contributed by atoms with Crippen LogP contribution in [-0.2, 0) is 17.5 Å². The van der Waals surface area contributed by atoms with E-state index in [2.05, 4.69) is 65.7 Å². The molecule has 1 aromatic carbocycles. The maximum atomic E-state index is 14.6. The van der Waals surface area contributed by atoms with E-state index in [0.717, 1.165) is 17.5 Å². The highest BCUT2D eigenvalue weighted by molar-refractivity contribution is 6.74. The van der Waals surface area contributed by atoms with E-state index in [-0.39, 0.29) is 16.3 Å². The van der Waals surface area contributed by atoms with Crippen molar-refractivity contribution in [2.75, 3.05) is 7.11 Å². The predicted octanol–water partition coefficient (Wildman–Crippen LogP) is 7.01. The Hall–Kier alpha value is -1.72. The van der Waals surface area contributed by atoms with Gasteiger partial charge in [-0.3, -0.25) is 4.98 Å². The van der Waals surface area contributed by atoms with Crippen LogP contribution in [-0.4, -0.2) is 20.4 Å². The fourth-order valence-corrected chi connectivity index (χ4v) is 3.84. The van der Waals surface area contributed by atoms with Gasteiger partial charge in [-0.2, -0.15) is 0 Å². The average molecular weight is 418 g/mol. The lowest BCUT2D eigenvalue weighted by atomic mass is 9.86. The first-order valence-electron chi connectivity index (χ1n) is 10.2. The number of rotatable bonds is 6. The van der Waals surface area contributed by atoms with Crippen LogP contribution in [0.4, 0.5) is 4.39 Å². The van der Waals surface area contributed by atoms with Gasteiger partial charge in [0.2, 0.25) is 0 Å². The Balaban J connectivity index is 2.44. The fourth-order valence-electron chi connectivity index (χ4n) is 2.88. The van der Waals surface area contributed by atoms with Crippen molar-refractivity contribution < 1.29 is 13.6 Å². The third-order valence-corrected chi connectivity index (χ3v) is 10.1. The molecular formula is C24H36FNO2Si. The average Bonchev–Trinajstić information content (AvgIpc) is 2.58. The fraction of sp³-hybridized carbons (Fsp3) is 0.542.